The third-order valence-corrected chi connectivity index (χ3v) is 7.51. The zero-order valence-electron chi connectivity index (χ0n) is 17.9. The number of aryl methyl sites for hydroxylation is 2. The number of benzene rings is 1. The molecule has 0 N–H and O–H groups in total. The van der Waals surface area contributed by atoms with Crippen molar-refractivity contribution in [1.82, 2.24) is 18.7 Å². The van der Waals surface area contributed by atoms with Crippen LogP contribution in [-0.2, 0) is 29.2 Å². The highest BCUT2D eigenvalue weighted by Gasteiger charge is 2.38. The van der Waals surface area contributed by atoms with E-state index >= 15 is 0 Å². The second-order valence-electron chi connectivity index (χ2n) is 8.13. The number of rotatable bonds is 6. The third-order valence-electron chi connectivity index (χ3n) is 5.96. The van der Waals surface area contributed by atoms with Gasteiger partial charge < -0.3 is 4.57 Å². The van der Waals surface area contributed by atoms with Gasteiger partial charge in [0.05, 0.1) is 4.90 Å². The largest absolute Gasteiger partial charge is 0.435 e. The van der Waals surface area contributed by atoms with E-state index < -0.39 is 21.9 Å². The minimum Gasteiger partial charge on any atom is -0.349 e. The minimum absolute atomic E-state index is 0.0858. The van der Waals surface area contributed by atoms with Crippen LogP contribution in [0.4, 0.5) is 13.2 Å². The van der Waals surface area contributed by atoms with E-state index in [2.05, 4.69) is 27.6 Å². The van der Waals surface area contributed by atoms with Crippen LogP contribution >= 0.6 is 0 Å². The summed E-state index contributed by atoms with van der Waals surface area (Å²) in [6.07, 6.45) is -1.15. The van der Waals surface area contributed by atoms with Crippen LogP contribution in [0.3, 0.4) is 0 Å². The van der Waals surface area contributed by atoms with Gasteiger partial charge in [-0.15, -0.1) is 0 Å². The summed E-state index contributed by atoms with van der Waals surface area (Å²) < 4.78 is 69.1. The molecule has 0 spiro atoms. The van der Waals surface area contributed by atoms with Crippen LogP contribution in [0.5, 0.6) is 0 Å². The Morgan fingerprint density at radius 3 is 2.53 bits per heavy atom. The van der Waals surface area contributed by atoms with Gasteiger partial charge in [0.2, 0.25) is 0 Å². The average Bonchev–Trinajstić information content (AvgIpc) is 3.38. The molecule has 0 saturated carbocycles. The molecule has 32 heavy (non-hydrogen) atoms. The fourth-order valence-corrected chi connectivity index (χ4v) is 5.31. The quantitative estimate of drug-likeness (QED) is 0.545. The smallest absolute Gasteiger partial charge is 0.349 e. The molecule has 3 aromatic rings. The van der Waals surface area contributed by atoms with Crippen molar-refractivity contribution in [3.8, 4) is 0 Å². The first-order chi connectivity index (χ1) is 15.1. The zero-order valence-corrected chi connectivity index (χ0v) is 18.7. The van der Waals surface area contributed by atoms with Crippen LogP contribution in [0.25, 0.3) is 0 Å². The molecule has 10 heteroatoms. The molecule has 0 amide bonds. The summed E-state index contributed by atoms with van der Waals surface area (Å²) in [7, 11) is -4.21. The maximum Gasteiger partial charge on any atom is 0.435 e. The Balaban J connectivity index is 1.52. The second kappa shape index (κ2) is 8.40. The molecule has 0 unspecified atom stereocenters. The molecule has 0 saturated heterocycles. The number of nitrogens with zero attached hydrogens (tertiary/aromatic N) is 4. The maximum atomic E-state index is 13.6. The van der Waals surface area contributed by atoms with Gasteiger partial charge in [0.15, 0.2) is 5.69 Å². The van der Waals surface area contributed by atoms with Crippen LogP contribution in [0.2, 0.25) is 0 Å². The molecule has 0 aliphatic carbocycles. The van der Waals surface area contributed by atoms with Gasteiger partial charge in [-0.25, -0.2) is 0 Å². The molecule has 1 aliphatic rings. The van der Waals surface area contributed by atoms with Crippen LogP contribution in [0, 0.1) is 6.92 Å². The van der Waals surface area contributed by atoms with E-state index in [1.54, 1.807) is 19.1 Å². The van der Waals surface area contributed by atoms with Crippen molar-refractivity contribution < 1.29 is 21.6 Å². The Morgan fingerprint density at radius 2 is 1.84 bits per heavy atom. The maximum absolute atomic E-state index is 13.6. The second-order valence-corrected chi connectivity index (χ2v) is 9.93. The van der Waals surface area contributed by atoms with Crippen molar-refractivity contribution in [2.75, 3.05) is 13.1 Å². The van der Waals surface area contributed by atoms with Gasteiger partial charge in [0, 0.05) is 42.8 Å². The summed E-state index contributed by atoms with van der Waals surface area (Å²) in [4.78, 5) is 2.13. The number of hydrogen-bond donors (Lipinski definition) is 0. The molecular formula is C22H25F3N4O2S. The summed E-state index contributed by atoms with van der Waals surface area (Å²) in [6, 6.07) is 10.1. The monoisotopic (exact) mass is 466 g/mol. The highest BCUT2D eigenvalue weighted by molar-refractivity contribution is 7.89. The number of hydrogen-bond acceptors (Lipinski definition) is 4. The first-order valence-electron chi connectivity index (χ1n) is 10.4. The molecule has 4 rings (SSSR count). The summed E-state index contributed by atoms with van der Waals surface area (Å²) in [5, 5.41) is 3.44. The molecule has 1 atom stereocenters. The van der Waals surface area contributed by atoms with Crippen molar-refractivity contribution >= 4 is 10.0 Å². The SMILES string of the molecule is Cc1ccc(S(=O)(=O)n2cc(CCCN3CCn4cccc4[C@H]3C)c(C(F)(F)F)n2)cc1. The van der Waals surface area contributed by atoms with Gasteiger partial charge in [0.25, 0.3) is 10.0 Å². The van der Waals surface area contributed by atoms with Gasteiger partial charge in [0.1, 0.15) is 0 Å². The molecule has 1 aromatic carbocycles. The van der Waals surface area contributed by atoms with Gasteiger partial charge in [-0.2, -0.15) is 30.8 Å². The zero-order chi connectivity index (χ0) is 23.1. The molecular weight excluding hydrogens is 441 g/mol. The van der Waals surface area contributed by atoms with Crippen LogP contribution in [0.1, 0.15) is 41.9 Å². The number of halogens is 3. The summed E-state index contributed by atoms with van der Waals surface area (Å²) >= 11 is 0. The third kappa shape index (κ3) is 4.33. The number of alkyl halides is 3. The first-order valence-corrected chi connectivity index (χ1v) is 11.9. The number of aromatic nitrogens is 3. The van der Waals surface area contributed by atoms with E-state index in [9.17, 15) is 21.6 Å². The van der Waals surface area contributed by atoms with Crippen molar-refractivity contribution in [2.24, 2.45) is 0 Å². The Labute approximate surface area is 185 Å². The van der Waals surface area contributed by atoms with Crippen molar-refractivity contribution in [2.45, 2.75) is 50.3 Å². The van der Waals surface area contributed by atoms with Crippen molar-refractivity contribution in [3.05, 3.63) is 71.3 Å². The van der Waals surface area contributed by atoms with E-state index in [4.69, 9.17) is 0 Å². The lowest BCUT2D eigenvalue weighted by atomic mass is 10.1. The van der Waals surface area contributed by atoms with Crippen molar-refractivity contribution in [3.63, 3.8) is 0 Å². The molecule has 2 aromatic heterocycles. The number of fused-ring (bicyclic) bond motifs is 1. The molecule has 6 nitrogen and oxygen atoms in total. The predicted molar refractivity (Wildman–Crippen MR) is 114 cm³/mol. The summed E-state index contributed by atoms with van der Waals surface area (Å²) in [5.41, 5.74) is 0.777. The Morgan fingerprint density at radius 1 is 1.12 bits per heavy atom. The lowest BCUT2D eigenvalue weighted by Gasteiger charge is -2.34. The Bertz CT molecular complexity index is 1200. The molecule has 172 valence electrons. The minimum atomic E-state index is -4.73. The summed E-state index contributed by atoms with van der Waals surface area (Å²) in [5.74, 6) is 0. The van der Waals surface area contributed by atoms with Gasteiger partial charge in [-0.05, 0) is 57.5 Å². The molecule has 0 bridgehead atoms. The van der Waals surface area contributed by atoms with Crippen LogP contribution in [0.15, 0.2) is 53.7 Å². The van der Waals surface area contributed by atoms with Crippen LogP contribution < -0.4 is 0 Å². The first kappa shape index (κ1) is 22.6. The molecule has 1 aliphatic heterocycles. The normalized spacial score (nSPS) is 17.5. The average molecular weight is 467 g/mol. The van der Waals surface area contributed by atoms with Crippen molar-refractivity contribution in [1.29, 1.82) is 0 Å². The summed E-state index contributed by atoms with van der Waals surface area (Å²) in [6.45, 7) is 6.14. The lowest BCUT2D eigenvalue weighted by Crippen LogP contribution is -2.37. The van der Waals surface area contributed by atoms with E-state index in [0.29, 0.717) is 17.1 Å². The van der Waals surface area contributed by atoms with Crippen LogP contribution in [-0.4, -0.2) is 40.2 Å². The van der Waals surface area contributed by atoms with Gasteiger partial charge in [-0.1, -0.05) is 17.7 Å². The standard InChI is InChI=1S/C22H25F3N4O2S/c1-16-7-9-19(10-8-16)32(30,31)29-15-18(21(26-29)22(23,24)25)5-3-11-27-13-14-28-12-4-6-20(28)17(27)2/h4,6-10,12,15,17H,3,5,11,13-14H2,1-2H3/t17-/m1/s1. The Kier molecular flexibility index (Phi) is 5.93. The molecule has 0 fully saturated rings. The van der Waals surface area contributed by atoms with E-state index in [1.807, 2.05) is 12.3 Å². The fourth-order valence-electron chi connectivity index (χ4n) is 4.15. The Hall–Kier alpha value is -2.59. The highest BCUT2D eigenvalue weighted by atomic mass is 32.2. The highest BCUT2D eigenvalue weighted by Crippen LogP contribution is 2.33. The van der Waals surface area contributed by atoms with Gasteiger partial charge >= 0.3 is 6.18 Å². The predicted octanol–water partition coefficient (Wildman–Crippen LogP) is 4.26. The van der Waals surface area contributed by atoms with Gasteiger partial charge in [-0.3, -0.25) is 4.90 Å². The van der Waals surface area contributed by atoms with E-state index in [1.165, 1.54) is 17.8 Å². The lowest BCUT2D eigenvalue weighted by molar-refractivity contribution is -0.141. The molecule has 0 radical (unpaired) electrons. The fraction of sp³-hybridized carbons (Fsp3) is 0.409. The molecule has 3 heterocycles. The topological polar surface area (TPSA) is 60.1 Å². The van der Waals surface area contributed by atoms with E-state index in [-0.39, 0.29) is 22.9 Å². The van der Waals surface area contributed by atoms with E-state index in [0.717, 1.165) is 24.8 Å².